The van der Waals surface area contributed by atoms with E-state index in [1.54, 1.807) is 22.4 Å². The number of aromatic nitrogens is 3. The topological polar surface area (TPSA) is 79.3 Å². The minimum absolute atomic E-state index is 0.0696. The van der Waals surface area contributed by atoms with E-state index in [1.165, 1.54) is 12.4 Å². The highest BCUT2D eigenvalue weighted by Gasteiger charge is 2.48. The van der Waals surface area contributed by atoms with Crippen LogP contribution in [0.1, 0.15) is 34.0 Å². The second-order valence-corrected chi connectivity index (χ2v) is 7.16. The summed E-state index contributed by atoms with van der Waals surface area (Å²) in [5.74, 6) is -0.0537. The molecule has 0 unspecified atom stereocenters. The van der Waals surface area contributed by atoms with Crippen molar-refractivity contribution in [1.29, 1.82) is 0 Å². The van der Waals surface area contributed by atoms with Gasteiger partial charge in [-0.05, 0) is 13.3 Å². The lowest BCUT2D eigenvalue weighted by atomic mass is 10.1. The SMILES string of the molecule is Cc1nc(CN2C(=O)C[C@@H]3[C@@H]2CCN3C(=O)c2cnccn2)cs1. The summed E-state index contributed by atoms with van der Waals surface area (Å²) in [7, 11) is 0. The molecule has 24 heavy (non-hydrogen) atoms. The van der Waals surface area contributed by atoms with E-state index in [0.717, 1.165) is 17.1 Å². The number of aryl methyl sites for hydroxylation is 1. The maximum Gasteiger partial charge on any atom is 0.274 e. The fourth-order valence-corrected chi connectivity index (χ4v) is 4.20. The molecule has 2 aliphatic heterocycles. The van der Waals surface area contributed by atoms with Crippen LogP contribution in [0.5, 0.6) is 0 Å². The standard InChI is InChI=1S/C16H17N5O2S/c1-10-19-11(9-24-10)8-21-13-2-5-20(14(13)6-15(21)22)16(23)12-7-17-3-4-18-12/h3-4,7,9,13-14H,2,5-6,8H2,1H3/t13-,14+/m0/s1. The molecule has 0 aliphatic carbocycles. The van der Waals surface area contributed by atoms with Crippen LogP contribution in [0, 0.1) is 6.92 Å². The molecule has 2 aromatic heterocycles. The zero-order valence-corrected chi connectivity index (χ0v) is 14.1. The molecule has 124 valence electrons. The fraction of sp³-hybridized carbons (Fsp3) is 0.438. The Hall–Kier alpha value is -2.35. The van der Waals surface area contributed by atoms with Crippen molar-refractivity contribution in [2.75, 3.05) is 6.54 Å². The van der Waals surface area contributed by atoms with E-state index in [0.29, 0.717) is 25.2 Å². The molecule has 2 atom stereocenters. The summed E-state index contributed by atoms with van der Waals surface area (Å²) in [6.07, 6.45) is 5.70. The van der Waals surface area contributed by atoms with Gasteiger partial charge in [-0.2, -0.15) is 0 Å². The molecular weight excluding hydrogens is 326 g/mol. The van der Waals surface area contributed by atoms with Gasteiger partial charge < -0.3 is 9.80 Å². The van der Waals surface area contributed by atoms with E-state index in [9.17, 15) is 9.59 Å². The van der Waals surface area contributed by atoms with Gasteiger partial charge in [0.25, 0.3) is 5.91 Å². The van der Waals surface area contributed by atoms with Crippen LogP contribution in [0.2, 0.25) is 0 Å². The van der Waals surface area contributed by atoms with E-state index >= 15 is 0 Å². The Morgan fingerprint density at radius 3 is 2.96 bits per heavy atom. The van der Waals surface area contributed by atoms with Crippen molar-refractivity contribution in [2.45, 2.75) is 38.4 Å². The molecule has 8 heteroatoms. The molecule has 4 heterocycles. The summed E-state index contributed by atoms with van der Waals surface area (Å²) >= 11 is 1.59. The van der Waals surface area contributed by atoms with Gasteiger partial charge in [-0.15, -0.1) is 11.3 Å². The average molecular weight is 343 g/mol. The first-order valence-corrected chi connectivity index (χ1v) is 8.79. The van der Waals surface area contributed by atoms with Crippen LogP contribution in [-0.4, -0.2) is 55.2 Å². The van der Waals surface area contributed by atoms with Gasteiger partial charge in [0.2, 0.25) is 5.91 Å². The Morgan fingerprint density at radius 2 is 2.25 bits per heavy atom. The molecule has 0 saturated carbocycles. The highest BCUT2D eigenvalue weighted by molar-refractivity contribution is 7.09. The van der Waals surface area contributed by atoms with Crippen LogP contribution in [0.15, 0.2) is 24.0 Å². The van der Waals surface area contributed by atoms with Gasteiger partial charge in [0, 0.05) is 30.7 Å². The molecule has 2 amide bonds. The molecule has 2 aromatic rings. The third-order valence-electron chi connectivity index (χ3n) is 4.66. The van der Waals surface area contributed by atoms with E-state index in [-0.39, 0.29) is 23.9 Å². The molecule has 2 saturated heterocycles. The lowest BCUT2D eigenvalue weighted by Gasteiger charge is -2.24. The predicted molar refractivity (Wildman–Crippen MR) is 87.3 cm³/mol. The maximum absolute atomic E-state index is 12.6. The highest BCUT2D eigenvalue weighted by Crippen LogP contribution is 2.34. The molecule has 0 bridgehead atoms. The Balaban J connectivity index is 1.52. The minimum atomic E-state index is -0.144. The number of hydrogen-bond donors (Lipinski definition) is 0. The lowest BCUT2D eigenvalue weighted by Crippen LogP contribution is -2.40. The van der Waals surface area contributed by atoms with E-state index in [1.807, 2.05) is 17.2 Å². The number of hydrogen-bond acceptors (Lipinski definition) is 6. The molecule has 2 fully saturated rings. The number of thiazole rings is 1. The number of likely N-dealkylation sites (tertiary alicyclic amines) is 2. The van der Waals surface area contributed by atoms with Crippen LogP contribution in [-0.2, 0) is 11.3 Å². The molecule has 4 rings (SSSR count). The van der Waals surface area contributed by atoms with Crippen molar-refractivity contribution in [3.8, 4) is 0 Å². The largest absolute Gasteiger partial charge is 0.332 e. The van der Waals surface area contributed by atoms with Gasteiger partial charge in [0.15, 0.2) is 0 Å². The average Bonchev–Trinajstić information content (AvgIpc) is 3.26. The smallest absolute Gasteiger partial charge is 0.274 e. The van der Waals surface area contributed by atoms with E-state index in [4.69, 9.17) is 0 Å². The number of nitrogens with zero attached hydrogens (tertiary/aromatic N) is 5. The van der Waals surface area contributed by atoms with Crippen LogP contribution in [0.25, 0.3) is 0 Å². The number of amides is 2. The number of rotatable bonds is 3. The summed E-state index contributed by atoms with van der Waals surface area (Å²) in [6, 6.07) is -0.00753. The second-order valence-electron chi connectivity index (χ2n) is 6.10. The van der Waals surface area contributed by atoms with Crippen molar-refractivity contribution in [1.82, 2.24) is 24.8 Å². The number of carbonyl (C=O) groups excluding carboxylic acids is 2. The van der Waals surface area contributed by atoms with Gasteiger partial charge in [-0.25, -0.2) is 9.97 Å². The van der Waals surface area contributed by atoms with Gasteiger partial charge in [-0.1, -0.05) is 0 Å². The molecule has 0 N–H and O–H groups in total. The number of carbonyl (C=O) groups is 2. The zero-order valence-electron chi connectivity index (χ0n) is 13.3. The van der Waals surface area contributed by atoms with Crippen molar-refractivity contribution in [3.05, 3.63) is 40.4 Å². The Morgan fingerprint density at radius 1 is 1.38 bits per heavy atom. The fourth-order valence-electron chi connectivity index (χ4n) is 3.60. The van der Waals surface area contributed by atoms with Gasteiger partial charge in [0.05, 0.1) is 35.5 Å². The summed E-state index contributed by atoms with van der Waals surface area (Å²) in [5.41, 5.74) is 1.25. The van der Waals surface area contributed by atoms with Gasteiger partial charge in [-0.3, -0.25) is 14.6 Å². The van der Waals surface area contributed by atoms with Crippen LogP contribution in [0.3, 0.4) is 0 Å². The molecule has 0 spiro atoms. The molecule has 0 aromatic carbocycles. The first kappa shape index (κ1) is 15.2. The molecular formula is C16H17N5O2S. The van der Waals surface area contributed by atoms with Crippen LogP contribution >= 0.6 is 11.3 Å². The van der Waals surface area contributed by atoms with E-state index in [2.05, 4.69) is 15.0 Å². The normalized spacial score (nSPS) is 23.0. The van der Waals surface area contributed by atoms with Gasteiger partial charge in [0.1, 0.15) is 5.69 Å². The van der Waals surface area contributed by atoms with Crippen molar-refractivity contribution < 1.29 is 9.59 Å². The zero-order chi connectivity index (χ0) is 16.7. The van der Waals surface area contributed by atoms with Gasteiger partial charge >= 0.3 is 0 Å². The highest BCUT2D eigenvalue weighted by atomic mass is 32.1. The Bertz CT molecular complexity index is 778. The summed E-state index contributed by atoms with van der Waals surface area (Å²) in [6.45, 7) is 3.13. The summed E-state index contributed by atoms with van der Waals surface area (Å²) in [5, 5.41) is 2.99. The molecule has 2 aliphatic rings. The lowest BCUT2D eigenvalue weighted by molar-refractivity contribution is -0.129. The molecule has 0 radical (unpaired) electrons. The first-order chi connectivity index (χ1) is 11.6. The first-order valence-electron chi connectivity index (χ1n) is 7.91. The monoisotopic (exact) mass is 343 g/mol. The Labute approximate surface area is 143 Å². The van der Waals surface area contributed by atoms with Crippen LogP contribution in [0.4, 0.5) is 0 Å². The maximum atomic E-state index is 12.6. The van der Waals surface area contributed by atoms with Crippen LogP contribution < -0.4 is 0 Å². The third kappa shape index (κ3) is 2.56. The van der Waals surface area contributed by atoms with Crippen molar-refractivity contribution in [2.24, 2.45) is 0 Å². The van der Waals surface area contributed by atoms with Crippen molar-refractivity contribution in [3.63, 3.8) is 0 Å². The predicted octanol–water partition coefficient (Wildman–Crippen LogP) is 1.26. The minimum Gasteiger partial charge on any atom is -0.332 e. The third-order valence-corrected chi connectivity index (χ3v) is 5.48. The second kappa shape index (κ2) is 5.94. The number of fused-ring (bicyclic) bond motifs is 1. The Kier molecular flexibility index (Phi) is 3.76. The molecule has 7 nitrogen and oxygen atoms in total. The van der Waals surface area contributed by atoms with E-state index < -0.39 is 0 Å². The van der Waals surface area contributed by atoms with Crippen molar-refractivity contribution >= 4 is 23.2 Å². The quantitative estimate of drug-likeness (QED) is 0.838. The summed E-state index contributed by atoms with van der Waals surface area (Å²) in [4.78, 5) is 41.2. The summed E-state index contributed by atoms with van der Waals surface area (Å²) < 4.78 is 0.